The summed E-state index contributed by atoms with van der Waals surface area (Å²) in [6.07, 6.45) is 5.63. The van der Waals surface area contributed by atoms with E-state index in [-0.39, 0.29) is 5.91 Å². The smallest absolute Gasteiger partial charge is 0.256 e. The van der Waals surface area contributed by atoms with Crippen LogP contribution in [0.25, 0.3) is 5.65 Å². The quantitative estimate of drug-likeness (QED) is 0.937. The molecule has 1 amide bonds. The number of likely N-dealkylation sites (tertiary alicyclic amines) is 1. The highest BCUT2D eigenvalue weighted by molar-refractivity contribution is 5.99. The summed E-state index contributed by atoms with van der Waals surface area (Å²) < 4.78 is 1.83. The topological polar surface area (TPSA) is 62.5 Å². The molecule has 1 saturated heterocycles. The molecule has 118 valence electrons. The third-order valence-electron chi connectivity index (χ3n) is 4.58. The predicted octanol–water partition coefficient (Wildman–Crippen LogP) is 1.68. The van der Waals surface area contributed by atoms with Crippen molar-refractivity contribution in [3.8, 4) is 0 Å². The maximum absolute atomic E-state index is 11.9. The summed E-state index contributed by atoms with van der Waals surface area (Å²) in [6.45, 7) is 6.70. The molecular formula is C16H23N5O. The lowest BCUT2D eigenvalue weighted by Gasteiger charge is -2.34. The van der Waals surface area contributed by atoms with Crippen LogP contribution in [-0.2, 0) is 0 Å². The van der Waals surface area contributed by atoms with Crippen molar-refractivity contribution in [1.82, 2.24) is 24.8 Å². The van der Waals surface area contributed by atoms with Crippen molar-refractivity contribution in [2.45, 2.75) is 38.6 Å². The Kier molecular flexibility index (Phi) is 4.11. The Morgan fingerprint density at radius 1 is 1.36 bits per heavy atom. The molecule has 1 N–H and O–H groups in total. The molecule has 1 fully saturated rings. The maximum atomic E-state index is 11.9. The number of rotatable bonds is 3. The minimum Gasteiger partial charge on any atom is -0.355 e. The molecule has 0 radical (unpaired) electrons. The second kappa shape index (κ2) is 6.04. The van der Waals surface area contributed by atoms with E-state index in [0.717, 1.165) is 31.6 Å². The van der Waals surface area contributed by atoms with Gasteiger partial charge in [-0.1, -0.05) is 0 Å². The zero-order chi connectivity index (χ0) is 15.7. The Morgan fingerprint density at radius 3 is 2.73 bits per heavy atom. The van der Waals surface area contributed by atoms with E-state index in [1.807, 2.05) is 10.6 Å². The predicted molar refractivity (Wildman–Crippen MR) is 85.1 cm³/mol. The summed E-state index contributed by atoms with van der Waals surface area (Å²) in [5, 5.41) is 7.03. The lowest BCUT2D eigenvalue weighted by Crippen LogP contribution is -2.38. The van der Waals surface area contributed by atoms with Gasteiger partial charge in [-0.3, -0.25) is 4.79 Å². The number of hydrogen-bond donors (Lipinski definition) is 1. The van der Waals surface area contributed by atoms with Crippen LogP contribution in [-0.4, -0.2) is 51.6 Å². The standard InChI is InChI=1S/C16H23N5O/c1-11(2)20-8-5-12(6-9-20)14-4-7-18-15-13(16(22)17-3)10-19-21(14)15/h4,7,10-12H,5-6,8-9H2,1-3H3,(H,17,22). The van der Waals surface area contributed by atoms with E-state index in [9.17, 15) is 4.79 Å². The van der Waals surface area contributed by atoms with Crippen LogP contribution in [0.15, 0.2) is 18.5 Å². The number of hydrogen-bond acceptors (Lipinski definition) is 4. The molecule has 0 bridgehead atoms. The molecule has 0 atom stereocenters. The second-order valence-corrected chi connectivity index (χ2v) is 6.15. The summed E-state index contributed by atoms with van der Waals surface area (Å²) in [5.74, 6) is 0.326. The van der Waals surface area contributed by atoms with Gasteiger partial charge in [-0.25, -0.2) is 9.50 Å². The van der Waals surface area contributed by atoms with Crippen LogP contribution in [0, 0.1) is 0 Å². The molecule has 0 saturated carbocycles. The van der Waals surface area contributed by atoms with Crippen LogP contribution >= 0.6 is 0 Å². The Balaban J connectivity index is 1.89. The average molecular weight is 301 g/mol. The Labute approximate surface area is 130 Å². The van der Waals surface area contributed by atoms with Gasteiger partial charge in [0.05, 0.1) is 6.20 Å². The molecule has 2 aromatic rings. The molecule has 0 spiro atoms. The highest BCUT2D eigenvalue weighted by Crippen LogP contribution is 2.29. The number of aromatic nitrogens is 3. The van der Waals surface area contributed by atoms with E-state index in [2.05, 4.69) is 34.1 Å². The molecule has 1 aliphatic rings. The number of carbonyl (C=O) groups is 1. The number of fused-ring (bicyclic) bond motifs is 1. The van der Waals surface area contributed by atoms with E-state index < -0.39 is 0 Å². The summed E-state index contributed by atoms with van der Waals surface area (Å²) in [7, 11) is 1.62. The number of carbonyl (C=O) groups excluding carboxylic acids is 1. The fraction of sp³-hybridized carbons (Fsp3) is 0.562. The number of piperidine rings is 1. The number of nitrogens with one attached hydrogen (secondary N) is 1. The summed E-state index contributed by atoms with van der Waals surface area (Å²) in [6, 6.07) is 2.63. The molecular weight excluding hydrogens is 278 g/mol. The first-order chi connectivity index (χ1) is 10.6. The van der Waals surface area contributed by atoms with Gasteiger partial charge in [0, 0.05) is 30.9 Å². The van der Waals surface area contributed by atoms with Gasteiger partial charge in [0.1, 0.15) is 5.56 Å². The minimum atomic E-state index is -0.144. The molecule has 1 aliphatic heterocycles. The van der Waals surface area contributed by atoms with Gasteiger partial charge >= 0.3 is 0 Å². The average Bonchev–Trinajstić information content (AvgIpc) is 2.98. The Bertz CT molecular complexity index is 670. The van der Waals surface area contributed by atoms with Gasteiger partial charge in [-0.05, 0) is 45.8 Å². The SMILES string of the molecule is CNC(=O)c1cnn2c(C3CCN(C(C)C)CC3)ccnc12. The molecule has 6 nitrogen and oxygen atoms in total. The van der Waals surface area contributed by atoms with Crippen molar-refractivity contribution >= 4 is 11.6 Å². The van der Waals surface area contributed by atoms with E-state index >= 15 is 0 Å². The van der Waals surface area contributed by atoms with Gasteiger partial charge in [0.15, 0.2) is 5.65 Å². The second-order valence-electron chi connectivity index (χ2n) is 6.15. The van der Waals surface area contributed by atoms with Gasteiger partial charge in [-0.2, -0.15) is 5.10 Å². The van der Waals surface area contributed by atoms with Crippen LogP contribution in [0.1, 0.15) is 48.7 Å². The third-order valence-corrected chi connectivity index (χ3v) is 4.58. The lowest BCUT2D eigenvalue weighted by atomic mass is 9.92. The highest BCUT2D eigenvalue weighted by atomic mass is 16.1. The molecule has 0 aliphatic carbocycles. The first-order valence-electron chi connectivity index (χ1n) is 7.90. The summed E-state index contributed by atoms with van der Waals surface area (Å²) in [4.78, 5) is 18.7. The molecule has 3 rings (SSSR count). The van der Waals surface area contributed by atoms with Crippen molar-refractivity contribution < 1.29 is 4.79 Å². The first kappa shape index (κ1) is 15.0. The molecule has 22 heavy (non-hydrogen) atoms. The van der Waals surface area contributed by atoms with E-state index in [4.69, 9.17) is 0 Å². The van der Waals surface area contributed by atoms with Gasteiger partial charge in [-0.15, -0.1) is 0 Å². The largest absolute Gasteiger partial charge is 0.355 e. The summed E-state index contributed by atoms with van der Waals surface area (Å²) >= 11 is 0. The molecule has 2 aromatic heterocycles. The van der Waals surface area contributed by atoms with Crippen molar-refractivity contribution in [3.63, 3.8) is 0 Å². The number of nitrogens with zero attached hydrogens (tertiary/aromatic N) is 4. The van der Waals surface area contributed by atoms with Crippen molar-refractivity contribution in [2.75, 3.05) is 20.1 Å². The van der Waals surface area contributed by atoms with Crippen LogP contribution in [0.4, 0.5) is 0 Å². The van der Waals surface area contributed by atoms with Crippen LogP contribution in [0.2, 0.25) is 0 Å². The van der Waals surface area contributed by atoms with Crippen LogP contribution in [0.5, 0.6) is 0 Å². The highest BCUT2D eigenvalue weighted by Gasteiger charge is 2.25. The van der Waals surface area contributed by atoms with Crippen molar-refractivity contribution in [1.29, 1.82) is 0 Å². The van der Waals surface area contributed by atoms with Crippen LogP contribution in [0.3, 0.4) is 0 Å². The van der Waals surface area contributed by atoms with Gasteiger partial charge in [0.2, 0.25) is 0 Å². The third kappa shape index (κ3) is 2.59. The maximum Gasteiger partial charge on any atom is 0.256 e. The molecule has 0 unspecified atom stereocenters. The van der Waals surface area contributed by atoms with Gasteiger partial charge in [0.25, 0.3) is 5.91 Å². The molecule has 0 aromatic carbocycles. The normalized spacial score (nSPS) is 17.3. The fourth-order valence-electron chi connectivity index (χ4n) is 3.23. The van der Waals surface area contributed by atoms with Crippen molar-refractivity contribution in [3.05, 3.63) is 29.7 Å². The minimum absolute atomic E-state index is 0.144. The van der Waals surface area contributed by atoms with E-state index in [0.29, 0.717) is 23.2 Å². The van der Waals surface area contributed by atoms with Gasteiger partial charge < -0.3 is 10.2 Å². The monoisotopic (exact) mass is 301 g/mol. The van der Waals surface area contributed by atoms with E-state index in [1.165, 1.54) is 0 Å². The first-order valence-corrected chi connectivity index (χ1v) is 7.90. The molecule has 3 heterocycles. The Morgan fingerprint density at radius 2 is 2.09 bits per heavy atom. The summed E-state index contributed by atoms with van der Waals surface area (Å²) in [5.41, 5.74) is 2.33. The van der Waals surface area contributed by atoms with E-state index in [1.54, 1.807) is 19.4 Å². The zero-order valence-corrected chi connectivity index (χ0v) is 13.4. The van der Waals surface area contributed by atoms with Crippen molar-refractivity contribution in [2.24, 2.45) is 0 Å². The zero-order valence-electron chi connectivity index (χ0n) is 13.4. The Hall–Kier alpha value is -1.95. The fourth-order valence-corrected chi connectivity index (χ4v) is 3.23. The lowest BCUT2D eigenvalue weighted by molar-refractivity contribution is 0.0964. The molecule has 6 heteroatoms. The number of amides is 1. The van der Waals surface area contributed by atoms with Crippen LogP contribution < -0.4 is 5.32 Å².